The fraction of sp³-hybridized carbons (Fsp3) is 0.267. The Morgan fingerprint density at radius 1 is 1.12 bits per heavy atom. The monoisotopic (exact) mass is 230 g/mol. The molecule has 17 heavy (non-hydrogen) atoms. The summed E-state index contributed by atoms with van der Waals surface area (Å²) in [6.07, 6.45) is 2.08. The summed E-state index contributed by atoms with van der Waals surface area (Å²) in [6.45, 7) is 8.12. The van der Waals surface area contributed by atoms with E-state index in [9.17, 15) is 4.79 Å². The molecule has 0 spiro atoms. The molecule has 2 heteroatoms. The lowest BCUT2D eigenvalue weighted by Crippen LogP contribution is -1.97. The van der Waals surface area contributed by atoms with Crippen LogP contribution in [0.4, 0.5) is 0 Å². The van der Waals surface area contributed by atoms with Crippen molar-refractivity contribution in [2.75, 3.05) is 0 Å². The number of rotatable bonds is 3. The van der Waals surface area contributed by atoms with Gasteiger partial charge in [-0.25, -0.2) is 4.79 Å². The van der Waals surface area contributed by atoms with Crippen LogP contribution < -0.4 is 0 Å². The number of hydrogen-bond donors (Lipinski definition) is 1. The number of carboxylic acid groups (broad SMARTS) is 1. The van der Waals surface area contributed by atoms with Crippen molar-refractivity contribution in [3.05, 3.63) is 52.6 Å². The summed E-state index contributed by atoms with van der Waals surface area (Å²) in [5.74, 6) is -0.892. The summed E-state index contributed by atoms with van der Waals surface area (Å²) in [6, 6.07) is 7.04. The lowest BCUT2D eigenvalue weighted by Gasteiger charge is -2.07. The molecule has 0 bridgehead atoms. The smallest absolute Gasteiger partial charge is 0.335 e. The molecule has 1 aromatic rings. The Balaban J connectivity index is 3.31. The maximum Gasteiger partial charge on any atom is 0.335 e. The minimum absolute atomic E-state index is 0.323. The van der Waals surface area contributed by atoms with Crippen LogP contribution in [-0.2, 0) is 0 Å². The van der Waals surface area contributed by atoms with Crippen LogP contribution in [0.5, 0.6) is 0 Å². The molecule has 0 amide bonds. The molecule has 0 fully saturated rings. The molecule has 1 rings (SSSR count). The highest BCUT2D eigenvalue weighted by Crippen LogP contribution is 2.22. The van der Waals surface area contributed by atoms with Crippen molar-refractivity contribution < 1.29 is 9.90 Å². The predicted octanol–water partition coefficient (Wildman–Crippen LogP) is 4.14. The van der Waals surface area contributed by atoms with Crippen LogP contribution in [0.15, 0.2) is 41.5 Å². The topological polar surface area (TPSA) is 37.3 Å². The summed E-state index contributed by atoms with van der Waals surface area (Å²) in [5, 5.41) is 8.98. The second-order valence-electron chi connectivity index (χ2n) is 4.52. The number of allylic oxidation sites excluding steroid dienone is 4. The Morgan fingerprint density at radius 2 is 1.71 bits per heavy atom. The highest BCUT2D eigenvalue weighted by atomic mass is 16.4. The Bertz CT molecular complexity index is 485. The Hall–Kier alpha value is -1.83. The average molecular weight is 230 g/mol. The van der Waals surface area contributed by atoms with E-state index < -0.39 is 5.97 Å². The molecule has 0 heterocycles. The molecule has 0 atom stereocenters. The molecule has 0 saturated heterocycles. The van der Waals surface area contributed by atoms with Gasteiger partial charge in [-0.05, 0) is 51.0 Å². The number of benzene rings is 1. The summed E-state index contributed by atoms with van der Waals surface area (Å²) < 4.78 is 0. The van der Waals surface area contributed by atoms with Gasteiger partial charge in [0.2, 0.25) is 0 Å². The summed E-state index contributed by atoms with van der Waals surface area (Å²) >= 11 is 0. The molecule has 0 radical (unpaired) electrons. The molecular formula is C15H18O2. The van der Waals surface area contributed by atoms with E-state index >= 15 is 0 Å². The first-order valence-corrected chi connectivity index (χ1v) is 5.58. The van der Waals surface area contributed by atoms with Gasteiger partial charge in [-0.3, -0.25) is 0 Å². The van der Waals surface area contributed by atoms with Crippen molar-refractivity contribution in [3.8, 4) is 0 Å². The molecule has 0 unspecified atom stereocenters. The molecular weight excluding hydrogens is 212 g/mol. The van der Waals surface area contributed by atoms with Crippen LogP contribution in [-0.4, -0.2) is 11.1 Å². The predicted molar refractivity (Wildman–Crippen MR) is 71.1 cm³/mol. The fourth-order valence-corrected chi connectivity index (χ4v) is 1.62. The van der Waals surface area contributed by atoms with E-state index in [2.05, 4.69) is 6.08 Å². The van der Waals surface area contributed by atoms with Gasteiger partial charge in [0.15, 0.2) is 0 Å². The van der Waals surface area contributed by atoms with Crippen molar-refractivity contribution in [2.45, 2.75) is 27.7 Å². The van der Waals surface area contributed by atoms with Gasteiger partial charge in [0.05, 0.1) is 5.56 Å². The van der Waals surface area contributed by atoms with Crippen LogP contribution in [0.1, 0.15) is 43.6 Å². The van der Waals surface area contributed by atoms with Crippen LogP contribution in [0.2, 0.25) is 0 Å². The van der Waals surface area contributed by atoms with Crippen molar-refractivity contribution in [1.82, 2.24) is 0 Å². The highest BCUT2D eigenvalue weighted by Gasteiger charge is 2.06. The minimum Gasteiger partial charge on any atom is -0.478 e. The Morgan fingerprint density at radius 3 is 2.18 bits per heavy atom. The van der Waals surface area contributed by atoms with Gasteiger partial charge >= 0.3 is 5.97 Å². The van der Waals surface area contributed by atoms with Crippen molar-refractivity contribution >= 4 is 11.5 Å². The van der Waals surface area contributed by atoms with Gasteiger partial charge in [-0.15, -0.1) is 0 Å². The zero-order valence-electron chi connectivity index (χ0n) is 10.7. The lowest BCUT2D eigenvalue weighted by molar-refractivity contribution is 0.0697. The van der Waals surface area contributed by atoms with Gasteiger partial charge in [0.1, 0.15) is 0 Å². The van der Waals surface area contributed by atoms with Gasteiger partial charge in [0, 0.05) is 0 Å². The zero-order valence-corrected chi connectivity index (χ0v) is 10.7. The van der Waals surface area contributed by atoms with Crippen LogP contribution >= 0.6 is 0 Å². The summed E-state index contributed by atoms with van der Waals surface area (Å²) in [4.78, 5) is 10.9. The van der Waals surface area contributed by atoms with Crippen LogP contribution in [0.25, 0.3) is 5.57 Å². The van der Waals surface area contributed by atoms with Gasteiger partial charge in [-0.2, -0.15) is 0 Å². The van der Waals surface area contributed by atoms with Crippen LogP contribution in [0.3, 0.4) is 0 Å². The minimum atomic E-state index is -0.892. The third-order valence-corrected chi connectivity index (χ3v) is 2.39. The molecule has 0 saturated carbocycles. The third kappa shape index (κ3) is 3.59. The largest absolute Gasteiger partial charge is 0.478 e. The molecule has 0 aromatic heterocycles. The number of carboxylic acids is 1. The molecule has 90 valence electrons. The van der Waals surface area contributed by atoms with E-state index in [4.69, 9.17) is 5.11 Å². The molecule has 2 nitrogen and oxygen atoms in total. The zero-order chi connectivity index (χ0) is 13.0. The third-order valence-electron chi connectivity index (χ3n) is 2.39. The van der Waals surface area contributed by atoms with E-state index in [0.717, 1.165) is 11.1 Å². The van der Waals surface area contributed by atoms with E-state index in [1.54, 1.807) is 18.2 Å². The van der Waals surface area contributed by atoms with Gasteiger partial charge < -0.3 is 5.11 Å². The Labute approximate surface area is 102 Å². The SMILES string of the molecule is CC(C)=CC(=C(C)C)c1cccc(C(=O)O)c1. The first kappa shape index (κ1) is 13.2. The second kappa shape index (κ2) is 5.48. The average Bonchev–Trinajstić information content (AvgIpc) is 2.25. The molecule has 1 N–H and O–H groups in total. The van der Waals surface area contributed by atoms with E-state index in [1.165, 1.54) is 11.1 Å². The molecule has 0 aliphatic carbocycles. The maximum atomic E-state index is 10.9. The second-order valence-corrected chi connectivity index (χ2v) is 4.52. The van der Waals surface area contributed by atoms with Gasteiger partial charge in [0.25, 0.3) is 0 Å². The quantitative estimate of drug-likeness (QED) is 0.792. The lowest BCUT2D eigenvalue weighted by atomic mass is 9.98. The number of aromatic carboxylic acids is 1. The first-order chi connectivity index (χ1) is 7.91. The fourth-order valence-electron chi connectivity index (χ4n) is 1.62. The van der Waals surface area contributed by atoms with Crippen molar-refractivity contribution in [1.29, 1.82) is 0 Å². The summed E-state index contributed by atoms with van der Waals surface area (Å²) in [7, 11) is 0. The van der Waals surface area contributed by atoms with E-state index in [-0.39, 0.29) is 0 Å². The van der Waals surface area contributed by atoms with Crippen LogP contribution in [0, 0.1) is 0 Å². The molecule has 1 aromatic carbocycles. The first-order valence-electron chi connectivity index (χ1n) is 5.58. The van der Waals surface area contributed by atoms with E-state index in [0.29, 0.717) is 5.56 Å². The van der Waals surface area contributed by atoms with Crippen molar-refractivity contribution in [2.24, 2.45) is 0 Å². The summed E-state index contributed by atoms with van der Waals surface area (Å²) in [5.41, 5.74) is 4.73. The van der Waals surface area contributed by atoms with Gasteiger partial charge in [-0.1, -0.05) is 29.4 Å². The number of hydrogen-bond acceptors (Lipinski definition) is 1. The van der Waals surface area contributed by atoms with Crippen molar-refractivity contribution in [3.63, 3.8) is 0 Å². The van der Waals surface area contributed by atoms with E-state index in [1.807, 2.05) is 33.8 Å². The highest BCUT2D eigenvalue weighted by molar-refractivity contribution is 5.89. The Kier molecular flexibility index (Phi) is 4.27. The number of carbonyl (C=O) groups is 1. The maximum absolute atomic E-state index is 10.9. The molecule has 0 aliphatic heterocycles. The normalized spacial score (nSPS) is 9.65. The standard InChI is InChI=1S/C15H18O2/c1-10(2)8-14(11(3)4)12-6-5-7-13(9-12)15(16)17/h5-9H,1-4H3,(H,16,17). The molecule has 0 aliphatic rings.